The average molecular weight is 120 g/mol. The third-order valence-electron chi connectivity index (χ3n) is 0.626. The van der Waals surface area contributed by atoms with Crippen molar-refractivity contribution in [3.8, 4) is 0 Å². The summed E-state index contributed by atoms with van der Waals surface area (Å²) in [6.07, 6.45) is 0.395. The zero-order valence-corrected chi connectivity index (χ0v) is 4.33. The molecule has 0 aliphatic rings. The first kappa shape index (κ1) is 7.39. The molecule has 0 aliphatic heterocycles. The molecular weight excluding hydrogens is 112 g/mol. The maximum Gasteiger partial charge on any atom is 0.303 e. The van der Waals surface area contributed by atoms with Crippen molar-refractivity contribution in [2.75, 3.05) is 6.61 Å². The van der Waals surface area contributed by atoms with Gasteiger partial charge in [0.25, 0.3) is 0 Å². The maximum atomic E-state index is 9.74. The molecule has 0 fully saturated rings. The predicted octanol–water partition coefficient (Wildman–Crippen LogP) is 0.341. The standard InChI is InChI=1S/C4H8O4/c5-4(6)2-1-3-8-7/h7H,1-3H2,(H,5,6). The van der Waals surface area contributed by atoms with Crippen molar-refractivity contribution in [2.24, 2.45) is 0 Å². The molecule has 0 radical (unpaired) electrons. The van der Waals surface area contributed by atoms with Gasteiger partial charge in [-0.1, -0.05) is 0 Å². The summed E-state index contributed by atoms with van der Waals surface area (Å²) in [4.78, 5) is 13.4. The van der Waals surface area contributed by atoms with Gasteiger partial charge in [-0.15, -0.1) is 0 Å². The van der Waals surface area contributed by atoms with Gasteiger partial charge in [0, 0.05) is 6.42 Å². The molecule has 0 aromatic heterocycles. The highest BCUT2D eigenvalue weighted by Gasteiger charge is 1.93. The molecule has 0 aromatic rings. The van der Waals surface area contributed by atoms with Crippen LogP contribution in [0.3, 0.4) is 0 Å². The van der Waals surface area contributed by atoms with E-state index < -0.39 is 5.97 Å². The zero-order chi connectivity index (χ0) is 6.41. The first-order chi connectivity index (χ1) is 3.77. The first-order valence-electron chi connectivity index (χ1n) is 2.25. The van der Waals surface area contributed by atoms with E-state index in [1.54, 1.807) is 0 Å². The number of aliphatic carboxylic acids is 1. The van der Waals surface area contributed by atoms with E-state index in [1.807, 2.05) is 0 Å². The Balaban J connectivity index is 2.82. The second kappa shape index (κ2) is 4.55. The lowest BCUT2D eigenvalue weighted by Crippen LogP contribution is -1.97. The van der Waals surface area contributed by atoms with Gasteiger partial charge in [0.15, 0.2) is 0 Å². The summed E-state index contributed by atoms with van der Waals surface area (Å²) >= 11 is 0. The molecule has 48 valence electrons. The molecule has 0 saturated heterocycles. The molecule has 0 aliphatic carbocycles. The molecule has 0 rings (SSSR count). The molecule has 0 amide bonds. The molecule has 0 atom stereocenters. The molecule has 0 aromatic carbocycles. The van der Waals surface area contributed by atoms with Gasteiger partial charge in [0.1, 0.15) is 0 Å². The lowest BCUT2D eigenvalue weighted by molar-refractivity contribution is -0.242. The van der Waals surface area contributed by atoms with Gasteiger partial charge >= 0.3 is 5.97 Å². The van der Waals surface area contributed by atoms with E-state index in [-0.39, 0.29) is 13.0 Å². The van der Waals surface area contributed by atoms with Gasteiger partial charge in [0.2, 0.25) is 0 Å². The van der Waals surface area contributed by atoms with E-state index in [4.69, 9.17) is 10.4 Å². The van der Waals surface area contributed by atoms with Crippen LogP contribution < -0.4 is 0 Å². The van der Waals surface area contributed by atoms with Crippen LogP contribution in [0, 0.1) is 0 Å². The fraction of sp³-hybridized carbons (Fsp3) is 0.750. The Morgan fingerprint density at radius 1 is 1.62 bits per heavy atom. The highest BCUT2D eigenvalue weighted by atomic mass is 17.1. The second-order valence-corrected chi connectivity index (χ2v) is 1.33. The summed E-state index contributed by atoms with van der Waals surface area (Å²) in [5.41, 5.74) is 0. The molecule has 0 heterocycles. The van der Waals surface area contributed by atoms with Crippen molar-refractivity contribution in [2.45, 2.75) is 12.8 Å². The molecule has 4 nitrogen and oxygen atoms in total. The van der Waals surface area contributed by atoms with Crippen molar-refractivity contribution in [1.29, 1.82) is 0 Å². The summed E-state index contributed by atoms with van der Waals surface area (Å²) in [6, 6.07) is 0. The van der Waals surface area contributed by atoms with Gasteiger partial charge < -0.3 is 5.11 Å². The van der Waals surface area contributed by atoms with E-state index in [2.05, 4.69) is 4.89 Å². The fourth-order valence-electron chi connectivity index (χ4n) is 0.288. The summed E-state index contributed by atoms with van der Waals surface area (Å²) in [7, 11) is 0. The summed E-state index contributed by atoms with van der Waals surface area (Å²) in [6.45, 7) is 0.0896. The van der Waals surface area contributed by atoms with Crippen LogP contribution in [0.1, 0.15) is 12.8 Å². The van der Waals surface area contributed by atoms with Crippen molar-refractivity contribution in [3.63, 3.8) is 0 Å². The smallest absolute Gasteiger partial charge is 0.303 e. The number of rotatable bonds is 4. The lowest BCUT2D eigenvalue weighted by Gasteiger charge is -1.90. The van der Waals surface area contributed by atoms with Gasteiger partial charge in [-0.3, -0.25) is 10.1 Å². The van der Waals surface area contributed by atoms with Crippen LogP contribution in [-0.2, 0) is 9.68 Å². The first-order valence-corrected chi connectivity index (χ1v) is 2.25. The largest absolute Gasteiger partial charge is 0.481 e. The number of hydrogen-bond donors (Lipinski definition) is 2. The number of hydrogen-bond acceptors (Lipinski definition) is 3. The fourth-order valence-corrected chi connectivity index (χ4v) is 0.288. The van der Waals surface area contributed by atoms with E-state index in [0.717, 1.165) is 0 Å². The summed E-state index contributed by atoms with van der Waals surface area (Å²) in [5, 5.41) is 15.7. The maximum absolute atomic E-state index is 9.74. The van der Waals surface area contributed by atoms with Crippen LogP contribution in [-0.4, -0.2) is 22.9 Å². The van der Waals surface area contributed by atoms with Crippen LogP contribution in [0.5, 0.6) is 0 Å². The Labute approximate surface area is 46.6 Å². The van der Waals surface area contributed by atoms with Crippen LogP contribution in [0.25, 0.3) is 0 Å². The molecule has 0 saturated carbocycles. The van der Waals surface area contributed by atoms with Gasteiger partial charge in [-0.2, -0.15) is 0 Å². The van der Waals surface area contributed by atoms with Gasteiger partial charge in [0.05, 0.1) is 6.61 Å². The minimum Gasteiger partial charge on any atom is -0.481 e. The van der Waals surface area contributed by atoms with Gasteiger partial charge in [-0.25, -0.2) is 4.89 Å². The normalized spacial score (nSPS) is 9.12. The van der Waals surface area contributed by atoms with E-state index in [0.29, 0.717) is 6.42 Å². The van der Waals surface area contributed by atoms with Crippen molar-refractivity contribution in [3.05, 3.63) is 0 Å². The molecule has 0 bridgehead atoms. The molecule has 8 heavy (non-hydrogen) atoms. The van der Waals surface area contributed by atoms with Crippen molar-refractivity contribution < 1.29 is 20.0 Å². The number of carbonyl (C=O) groups is 1. The Bertz CT molecular complexity index is 70.4. The Morgan fingerprint density at radius 2 is 2.25 bits per heavy atom. The molecule has 0 spiro atoms. The van der Waals surface area contributed by atoms with Crippen LogP contribution in [0.2, 0.25) is 0 Å². The predicted molar refractivity (Wildman–Crippen MR) is 25.5 cm³/mol. The Morgan fingerprint density at radius 3 is 2.62 bits per heavy atom. The molecular formula is C4H8O4. The second-order valence-electron chi connectivity index (χ2n) is 1.33. The summed E-state index contributed by atoms with van der Waals surface area (Å²) in [5.74, 6) is -0.873. The number of carboxylic acid groups (broad SMARTS) is 1. The van der Waals surface area contributed by atoms with E-state index in [9.17, 15) is 4.79 Å². The Hall–Kier alpha value is -0.610. The monoisotopic (exact) mass is 120 g/mol. The zero-order valence-electron chi connectivity index (χ0n) is 4.33. The highest BCUT2D eigenvalue weighted by Crippen LogP contribution is 1.86. The topological polar surface area (TPSA) is 66.8 Å². The Kier molecular flexibility index (Phi) is 4.20. The third kappa shape index (κ3) is 5.39. The van der Waals surface area contributed by atoms with Crippen LogP contribution in [0.4, 0.5) is 0 Å². The SMILES string of the molecule is O=C(O)CCCOO. The molecule has 4 heteroatoms. The lowest BCUT2D eigenvalue weighted by atomic mass is 10.3. The highest BCUT2D eigenvalue weighted by molar-refractivity contribution is 5.66. The third-order valence-corrected chi connectivity index (χ3v) is 0.626. The van der Waals surface area contributed by atoms with Crippen LogP contribution in [0.15, 0.2) is 0 Å². The van der Waals surface area contributed by atoms with E-state index >= 15 is 0 Å². The number of carboxylic acids is 1. The minimum absolute atomic E-state index is 0.0422. The average Bonchev–Trinajstić information content (AvgIpc) is 1.66. The van der Waals surface area contributed by atoms with Gasteiger partial charge in [-0.05, 0) is 6.42 Å². The molecule has 0 unspecified atom stereocenters. The quantitative estimate of drug-likeness (QED) is 0.319. The van der Waals surface area contributed by atoms with E-state index in [1.165, 1.54) is 0 Å². The van der Waals surface area contributed by atoms with Crippen molar-refractivity contribution in [1.82, 2.24) is 0 Å². The minimum atomic E-state index is -0.873. The van der Waals surface area contributed by atoms with Crippen LogP contribution >= 0.6 is 0 Å². The summed E-state index contributed by atoms with van der Waals surface area (Å²) < 4.78 is 0. The van der Waals surface area contributed by atoms with Crippen molar-refractivity contribution >= 4 is 5.97 Å². The molecule has 2 N–H and O–H groups in total.